The Morgan fingerprint density at radius 1 is 1.55 bits per heavy atom. The second-order valence-corrected chi connectivity index (χ2v) is 2.28. The third-order valence-electron chi connectivity index (χ3n) is 1.44. The lowest BCUT2D eigenvalue weighted by molar-refractivity contribution is 0.709. The quantitative estimate of drug-likeness (QED) is 0.594. The zero-order valence-electron chi connectivity index (χ0n) is 6.78. The lowest BCUT2D eigenvalue weighted by Crippen LogP contribution is -1.92. The molecule has 3 heteroatoms. The molecule has 0 unspecified atom stereocenters. The van der Waals surface area contributed by atoms with E-state index in [4.69, 9.17) is 0 Å². The van der Waals surface area contributed by atoms with Gasteiger partial charge in [-0.05, 0) is 13.0 Å². The van der Waals surface area contributed by atoms with Crippen molar-refractivity contribution in [2.75, 3.05) is 0 Å². The average Bonchev–Trinajstić information content (AvgIpc) is 2.29. The van der Waals surface area contributed by atoms with Crippen LogP contribution in [0.5, 0.6) is 0 Å². The minimum atomic E-state index is 0.936. The van der Waals surface area contributed by atoms with Crippen molar-refractivity contribution in [3.8, 4) is 0 Å². The summed E-state index contributed by atoms with van der Waals surface area (Å²) in [5, 5.41) is 7.75. The number of aryl methyl sites for hydroxylation is 2. The summed E-state index contributed by atoms with van der Waals surface area (Å²) in [7, 11) is 1.86. The topological polar surface area (TPSA) is 30.7 Å². The highest BCUT2D eigenvalue weighted by atomic mass is 15.4. The maximum Gasteiger partial charge on any atom is 0.0869 e. The molecule has 0 saturated heterocycles. The highest BCUT2D eigenvalue weighted by molar-refractivity contribution is 5.48. The van der Waals surface area contributed by atoms with Crippen LogP contribution < -0.4 is 0 Å². The highest BCUT2D eigenvalue weighted by Gasteiger charge is 1.99. The molecule has 0 N–H and O–H groups in total. The van der Waals surface area contributed by atoms with Gasteiger partial charge < -0.3 is 0 Å². The smallest absolute Gasteiger partial charge is 0.0869 e. The molecule has 3 nitrogen and oxygen atoms in total. The van der Waals surface area contributed by atoms with Crippen molar-refractivity contribution in [2.24, 2.45) is 7.05 Å². The van der Waals surface area contributed by atoms with E-state index in [2.05, 4.69) is 16.9 Å². The Labute approximate surface area is 66.0 Å². The van der Waals surface area contributed by atoms with Crippen molar-refractivity contribution >= 4 is 6.08 Å². The van der Waals surface area contributed by atoms with Crippen molar-refractivity contribution in [1.29, 1.82) is 0 Å². The molecular weight excluding hydrogens is 138 g/mol. The minimum Gasteiger partial charge on any atom is -0.248 e. The summed E-state index contributed by atoms with van der Waals surface area (Å²) in [6, 6.07) is 0. The molecule has 0 spiro atoms. The fourth-order valence-corrected chi connectivity index (χ4v) is 0.855. The van der Waals surface area contributed by atoms with Gasteiger partial charge in [0.05, 0.1) is 11.4 Å². The summed E-state index contributed by atoms with van der Waals surface area (Å²) in [6.45, 7) is 5.51. The number of nitrogens with zero attached hydrogens (tertiary/aromatic N) is 3. The van der Waals surface area contributed by atoms with Crippen LogP contribution >= 0.6 is 0 Å². The Morgan fingerprint density at radius 2 is 2.27 bits per heavy atom. The fourth-order valence-electron chi connectivity index (χ4n) is 0.855. The summed E-state index contributed by atoms with van der Waals surface area (Å²) in [5.74, 6) is 0. The molecule has 0 bridgehead atoms. The van der Waals surface area contributed by atoms with E-state index in [0.29, 0.717) is 0 Å². The second kappa shape index (κ2) is 3.14. The van der Waals surface area contributed by atoms with Gasteiger partial charge in [-0.1, -0.05) is 23.9 Å². The number of allylic oxidation sites excluding steroid dienone is 2. The maximum absolute atomic E-state index is 3.90. The van der Waals surface area contributed by atoms with Crippen molar-refractivity contribution in [3.63, 3.8) is 0 Å². The van der Waals surface area contributed by atoms with Crippen LogP contribution in [0.1, 0.15) is 11.4 Å². The third kappa shape index (κ3) is 1.55. The van der Waals surface area contributed by atoms with E-state index >= 15 is 0 Å². The first kappa shape index (κ1) is 7.72. The predicted octanol–water partition coefficient (Wildman–Crippen LogP) is 1.32. The van der Waals surface area contributed by atoms with Crippen LogP contribution in [-0.4, -0.2) is 15.0 Å². The molecule has 0 aliphatic carbocycles. The van der Waals surface area contributed by atoms with Gasteiger partial charge in [0.25, 0.3) is 0 Å². The molecule has 58 valence electrons. The first-order valence-corrected chi connectivity index (χ1v) is 3.41. The van der Waals surface area contributed by atoms with Crippen molar-refractivity contribution in [1.82, 2.24) is 15.0 Å². The van der Waals surface area contributed by atoms with Crippen LogP contribution in [0.3, 0.4) is 0 Å². The summed E-state index contributed by atoms with van der Waals surface area (Å²) in [5.41, 5.74) is 1.95. The second-order valence-electron chi connectivity index (χ2n) is 2.28. The van der Waals surface area contributed by atoms with Crippen LogP contribution in [0.2, 0.25) is 0 Å². The summed E-state index contributed by atoms with van der Waals surface area (Å²) < 4.78 is 1.73. The Kier molecular flexibility index (Phi) is 2.21. The Morgan fingerprint density at radius 3 is 2.73 bits per heavy atom. The molecule has 0 fully saturated rings. The van der Waals surface area contributed by atoms with Crippen LogP contribution in [0.25, 0.3) is 6.08 Å². The first-order valence-electron chi connectivity index (χ1n) is 3.41. The standard InChI is InChI=1S/C8H11N3/c1-4-5-6-8-7(2)9-10-11(8)3/h4-6H,1H2,2-3H3/b6-5-. The van der Waals surface area contributed by atoms with Gasteiger partial charge >= 0.3 is 0 Å². The monoisotopic (exact) mass is 149 g/mol. The van der Waals surface area contributed by atoms with Gasteiger partial charge in [-0.25, -0.2) is 4.68 Å². The van der Waals surface area contributed by atoms with E-state index in [1.54, 1.807) is 10.8 Å². The van der Waals surface area contributed by atoms with Crippen LogP contribution in [0.4, 0.5) is 0 Å². The summed E-state index contributed by atoms with van der Waals surface area (Å²) in [4.78, 5) is 0. The van der Waals surface area contributed by atoms with Gasteiger partial charge in [0.2, 0.25) is 0 Å². The molecule has 0 aliphatic heterocycles. The average molecular weight is 149 g/mol. The van der Waals surface area contributed by atoms with Gasteiger partial charge in [0, 0.05) is 7.05 Å². The predicted molar refractivity (Wildman–Crippen MR) is 45.0 cm³/mol. The van der Waals surface area contributed by atoms with E-state index in [-0.39, 0.29) is 0 Å². The van der Waals surface area contributed by atoms with Gasteiger partial charge in [-0.15, -0.1) is 5.10 Å². The van der Waals surface area contributed by atoms with Crippen LogP contribution in [-0.2, 0) is 7.05 Å². The SMILES string of the molecule is C=C/C=C\c1c(C)nnn1C. The summed E-state index contributed by atoms with van der Waals surface area (Å²) >= 11 is 0. The minimum absolute atomic E-state index is 0.936. The third-order valence-corrected chi connectivity index (χ3v) is 1.44. The molecule has 0 atom stereocenters. The molecular formula is C8H11N3. The molecule has 1 rings (SSSR count). The Hall–Kier alpha value is -1.38. The number of hydrogen-bond donors (Lipinski definition) is 0. The Bertz CT molecular complexity index is 264. The van der Waals surface area contributed by atoms with Gasteiger partial charge in [0.15, 0.2) is 0 Å². The van der Waals surface area contributed by atoms with E-state index in [0.717, 1.165) is 11.4 Å². The molecule has 0 aliphatic rings. The highest BCUT2D eigenvalue weighted by Crippen LogP contribution is 2.03. The van der Waals surface area contributed by atoms with Gasteiger partial charge in [0.1, 0.15) is 0 Å². The molecule has 0 radical (unpaired) electrons. The lowest BCUT2D eigenvalue weighted by Gasteiger charge is -1.91. The van der Waals surface area contributed by atoms with Gasteiger partial charge in [-0.3, -0.25) is 0 Å². The van der Waals surface area contributed by atoms with E-state index in [9.17, 15) is 0 Å². The van der Waals surface area contributed by atoms with Crippen LogP contribution in [0, 0.1) is 6.92 Å². The van der Waals surface area contributed by atoms with Crippen LogP contribution in [0.15, 0.2) is 18.7 Å². The summed E-state index contributed by atoms with van der Waals surface area (Å²) in [6.07, 6.45) is 5.53. The van der Waals surface area contributed by atoms with E-state index in [1.807, 2.05) is 26.1 Å². The van der Waals surface area contributed by atoms with E-state index in [1.165, 1.54) is 0 Å². The molecule has 1 aromatic heterocycles. The van der Waals surface area contributed by atoms with Crippen molar-refractivity contribution < 1.29 is 0 Å². The molecule has 0 amide bonds. The zero-order chi connectivity index (χ0) is 8.27. The number of rotatable bonds is 2. The van der Waals surface area contributed by atoms with Crippen molar-refractivity contribution in [2.45, 2.75) is 6.92 Å². The Balaban J connectivity index is 3.00. The van der Waals surface area contributed by atoms with Crippen molar-refractivity contribution in [3.05, 3.63) is 30.1 Å². The molecule has 0 aromatic carbocycles. The number of aromatic nitrogens is 3. The lowest BCUT2D eigenvalue weighted by atomic mass is 10.3. The van der Waals surface area contributed by atoms with Gasteiger partial charge in [-0.2, -0.15) is 0 Å². The fraction of sp³-hybridized carbons (Fsp3) is 0.250. The number of hydrogen-bond acceptors (Lipinski definition) is 2. The van der Waals surface area contributed by atoms with E-state index < -0.39 is 0 Å². The first-order chi connectivity index (χ1) is 5.25. The molecule has 1 aromatic rings. The molecule has 11 heavy (non-hydrogen) atoms. The molecule has 1 heterocycles. The maximum atomic E-state index is 3.90. The molecule has 0 saturated carbocycles. The normalized spacial score (nSPS) is 10.7. The largest absolute Gasteiger partial charge is 0.248 e. The zero-order valence-corrected chi connectivity index (χ0v) is 6.78.